The second kappa shape index (κ2) is 6.67. The number of rotatable bonds is 4. The van der Waals surface area contributed by atoms with Crippen LogP contribution in [0.3, 0.4) is 0 Å². The van der Waals surface area contributed by atoms with Gasteiger partial charge in [0.05, 0.1) is 0 Å². The smallest absolute Gasteiger partial charge is 0.191 e. The monoisotopic (exact) mass is 373 g/mol. The van der Waals surface area contributed by atoms with Crippen molar-refractivity contribution in [3.63, 3.8) is 0 Å². The van der Waals surface area contributed by atoms with Gasteiger partial charge in [0.25, 0.3) is 0 Å². The van der Waals surface area contributed by atoms with E-state index in [2.05, 4.69) is 74.0 Å². The van der Waals surface area contributed by atoms with Crippen molar-refractivity contribution in [3.8, 4) is 11.4 Å². The molecule has 3 aromatic rings. The topological polar surface area (TPSA) is 30.7 Å². The summed E-state index contributed by atoms with van der Waals surface area (Å²) < 4.78 is 3.15. The highest BCUT2D eigenvalue weighted by molar-refractivity contribution is 9.10. The highest BCUT2D eigenvalue weighted by atomic mass is 79.9. The van der Waals surface area contributed by atoms with Crippen molar-refractivity contribution in [3.05, 3.63) is 64.1 Å². The first-order chi connectivity index (χ1) is 10.6. The molecule has 0 fully saturated rings. The van der Waals surface area contributed by atoms with E-state index in [9.17, 15) is 0 Å². The predicted octanol–water partition coefficient (Wildman–Crippen LogP) is 4.85. The van der Waals surface area contributed by atoms with Crippen LogP contribution in [-0.2, 0) is 12.8 Å². The Balaban J connectivity index is 1.79. The number of thioether (sulfide) groups is 1. The van der Waals surface area contributed by atoms with Gasteiger partial charge in [0.15, 0.2) is 11.0 Å². The molecule has 22 heavy (non-hydrogen) atoms. The first kappa shape index (κ1) is 15.3. The first-order valence-corrected chi connectivity index (χ1v) is 8.75. The van der Waals surface area contributed by atoms with Crippen LogP contribution in [0.2, 0.25) is 0 Å². The largest absolute Gasteiger partial charge is 0.305 e. The molecule has 112 valence electrons. The van der Waals surface area contributed by atoms with Crippen molar-refractivity contribution in [1.29, 1.82) is 0 Å². The molecule has 0 bridgehead atoms. The summed E-state index contributed by atoms with van der Waals surface area (Å²) in [5, 5.41) is 9.59. The summed E-state index contributed by atoms with van der Waals surface area (Å²) in [7, 11) is 2.01. The van der Waals surface area contributed by atoms with Gasteiger partial charge in [0.1, 0.15) is 0 Å². The molecule has 0 atom stereocenters. The van der Waals surface area contributed by atoms with Crippen LogP contribution in [0.25, 0.3) is 11.4 Å². The number of aryl methyl sites for hydroxylation is 1. The van der Waals surface area contributed by atoms with Gasteiger partial charge in [-0.2, -0.15) is 0 Å². The molecule has 0 saturated carbocycles. The van der Waals surface area contributed by atoms with E-state index in [1.165, 1.54) is 11.1 Å². The molecule has 0 aliphatic rings. The van der Waals surface area contributed by atoms with Crippen molar-refractivity contribution >= 4 is 27.7 Å². The van der Waals surface area contributed by atoms with E-state index < -0.39 is 0 Å². The number of benzene rings is 2. The maximum atomic E-state index is 4.34. The average Bonchev–Trinajstić information content (AvgIpc) is 2.86. The average molecular weight is 374 g/mol. The van der Waals surface area contributed by atoms with Crippen LogP contribution >= 0.6 is 27.7 Å². The highest BCUT2D eigenvalue weighted by Crippen LogP contribution is 2.26. The summed E-state index contributed by atoms with van der Waals surface area (Å²) in [6, 6.07) is 16.7. The van der Waals surface area contributed by atoms with Gasteiger partial charge in [0.2, 0.25) is 0 Å². The van der Waals surface area contributed by atoms with E-state index in [0.717, 1.165) is 26.8 Å². The zero-order valence-corrected chi connectivity index (χ0v) is 14.9. The molecule has 0 spiro atoms. The lowest BCUT2D eigenvalue weighted by molar-refractivity contribution is 0.793. The van der Waals surface area contributed by atoms with Gasteiger partial charge in [-0.25, -0.2) is 0 Å². The molecule has 1 aromatic heterocycles. The molecule has 0 N–H and O–H groups in total. The molecular weight excluding hydrogens is 358 g/mol. The third-order valence-corrected chi connectivity index (χ3v) is 4.95. The molecule has 2 aromatic carbocycles. The van der Waals surface area contributed by atoms with E-state index in [-0.39, 0.29) is 0 Å². The number of aromatic nitrogens is 3. The summed E-state index contributed by atoms with van der Waals surface area (Å²) in [5.74, 6) is 1.78. The van der Waals surface area contributed by atoms with Crippen LogP contribution < -0.4 is 0 Å². The van der Waals surface area contributed by atoms with Crippen LogP contribution in [0.1, 0.15) is 11.1 Å². The van der Waals surface area contributed by atoms with Crippen LogP contribution in [0.15, 0.2) is 58.2 Å². The number of halogens is 1. The van der Waals surface area contributed by atoms with Crippen LogP contribution in [0.5, 0.6) is 0 Å². The Bertz CT molecular complexity index is 798. The standard InChI is InChI=1S/C17H16BrN3S/c1-12-5-3-7-14(9-12)16-19-20-17(21(16)2)22-11-13-6-4-8-15(18)10-13/h3-10H,11H2,1-2H3. The molecule has 0 aliphatic heterocycles. The molecular formula is C17H16BrN3S. The molecule has 0 unspecified atom stereocenters. The second-order valence-electron chi connectivity index (χ2n) is 5.15. The molecule has 5 heteroatoms. The van der Waals surface area contributed by atoms with E-state index in [0.29, 0.717) is 0 Å². The maximum Gasteiger partial charge on any atom is 0.191 e. The van der Waals surface area contributed by atoms with E-state index in [4.69, 9.17) is 0 Å². The van der Waals surface area contributed by atoms with Gasteiger partial charge < -0.3 is 4.57 Å². The summed E-state index contributed by atoms with van der Waals surface area (Å²) in [6.45, 7) is 2.09. The minimum absolute atomic E-state index is 0.874. The number of hydrogen-bond donors (Lipinski definition) is 0. The SMILES string of the molecule is Cc1cccc(-c2nnc(SCc3cccc(Br)c3)n2C)c1. The lowest BCUT2D eigenvalue weighted by Crippen LogP contribution is -1.95. The summed E-state index contributed by atoms with van der Waals surface area (Å²) in [6.07, 6.45) is 0. The molecule has 3 rings (SSSR count). The zero-order valence-electron chi connectivity index (χ0n) is 12.5. The number of nitrogens with zero attached hydrogens (tertiary/aromatic N) is 3. The van der Waals surface area contributed by atoms with Crippen molar-refractivity contribution in [1.82, 2.24) is 14.8 Å². The first-order valence-electron chi connectivity index (χ1n) is 6.97. The fraction of sp³-hybridized carbons (Fsp3) is 0.176. The normalized spacial score (nSPS) is 10.9. The minimum Gasteiger partial charge on any atom is -0.305 e. The summed E-state index contributed by atoms with van der Waals surface area (Å²) in [5.41, 5.74) is 3.59. The van der Waals surface area contributed by atoms with Crippen molar-refractivity contribution in [2.75, 3.05) is 0 Å². The van der Waals surface area contributed by atoms with E-state index in [1.807, 2.05) is 19.2 Å². The third-order valence-electron chi connectivity index (χ3n) is 3.37. The molecule has 1 heterocycles. The van der Waals surface area contributed by atoms with Crippen LogP contribution in [0.4, 0.5) is 0 Å². The van der Waals surface area contributed by atoms with Gasteiger partial charge in [0, 0.05) is 22.8 Å². The number of hydrogen-bond acceptors (Lipinski definition) is 3. The van der Waals surface area contributed by atoms with Crippen molar-refractivity contribution < 1.29 is 0 Å². The van der Waals surface area contributed by atoms with Gasteiger partial charge in [-0.3, -0.25) is 0 Å². The summed E-state index contributed by atoms with van der Waals surface area (Å²) in [4.78, 5) is 0. The molecule has 0 amide bonds. The lowest BCUT2D eigenvalue weighted by atomic mass is 10.1. The Morgan fingerprint density at radius 3 is 2.68 bits per heavy atom. The highest BCUT2D eigenvalue weighted by Gasteiger charge is 2.11. The summed E-state index contributed by atoms with van der Waals surface area (Å²) >= 11 is 5.20. The Morgan fingerprint density at radius 1 is 1.09 bits per heavy atom. The van der Waals surface area contributed by atoms with Gasteiger partial charge >= 0.3 is 0 Å². The Kier molecular flexibility index (Phi) is 4.64. The van der Waals surface area contributed by atoms with Crippen LogP contribution in [0, 0.1) is 6.92 Å². The zero-order chi connectivity index (χ0) is 15.5. The van der Waals surface area contributed by atoms with Crippen molar-refractivity contribution in [2.24, 2.45) is 7.05 Å². The molecule has 0 aliphatic carbocycles. The predicted molar refractivity (Wildman–Crippen MR) is 94.9 cm³/mol. The third kappa shape index (κ3) is 3.42. The Hall–Kier alpha value is -1.59. The maximum absolute atomic E-state index is 4.34. The lowest BCUT2D eigenvalue weighted by Gasteiger charge is -2.05. The quantitative estimate of drug-likeness (QED) is 0.612. The van der Waals surface area contributed by atoms with E-state index in [1.54, 1.807) is 11.8 Å². The van der Waals surface area contributed by atoms with Gasteiger partial charge in [-0.05, 0) is 30.7 Å². The van der Waals surface area contributed by atoms with Crippen LogP contribution in [-0.4, -0.2) is 14.8 Å². The van der Waals surface area contributed by atoms with E-state index >= 15 is 0 Å². The molecule has 0 radical (unpaired) electrons. The fourth-order valence-electron chi connectivity index (χ4n) is 2.25. The van der Waals surface area contributed by atoms with Gasteiger partial charge in [-0.1, -0.05) is 63.6 Å². The van der Waals surface area contributed by atoms with Crippen molar-refractivity contribution in [2.45, 2.75) is 17.8 Å². The molecule has 3 nitrogen and oxygen atoms in total. The fourth-order valence-corrected chi connectivity index (χ4v) is 3.55. The Labute approximate surface area is 142 Å². The Morgan fingerprint density at radius 2 is 1.91 bits per heavy atom. The second-order valence-corrected chi connectivity index (χ2v) is 7.01. The molecule has 0 saturated heterocycles. The minimum atomic E-state index is 0.874. The van der Waals surface area contributed by atoms with Gasteiger partial charge in [-0.15, -0.1) is 10.2 Å².